The molecule has 1 unspecified atom stereocenters. The highest BCUT2D eigenvalue weighted by atomic mass is 32.2. The lowest BCUT2D eigenvalue weighted by Gasteiger charge is -2.09. The molecule has 0 spiro atoms. The summed E-state index contributed by atoms with van der Waals surface area (Å²) < 4.78 is 28.3. The van der Waals surface area contributed by atoms with Crippen molar-refractivity contribution in [1.29, 1.82) is 0 Å². The second-order valence-electron chi connectivity index (χ2n) is 9.53. The monoisotopic (exact) mass is 568 g/mol. The Kier molecular flexibility index (Phi) is 26.8. The first kappa shape index (κ1) is 37.4. The van der Waals surface area contributed by atoms with Crippen molar-refractivity contribution in [2.75, 3.05) is 6.26 Å². The normalized spacial score (nSPS) is 9.63. The molecule has 41 heavy (non-hydrogen) atoms. The molecule has 0 radical (unpaired) electrons. The summed E-state index contributed by atoms with van der Waals surface area (Å²) >= 11 is 0. The molecule has 0 amide bonds. The maximum absolute atomic E-state index is 11.6. The first-order valence-electron chi connectivity index (χ1n) is 14.8. The number of hydrogen-bond donors (Lipinski definition) is 0. The van der Waals surface area contributed by atoms with E-state index in [1.807, 2.05) is 0 Å². The molecule has 1 atom stereocenters. The summed E-state index contributed by atoms with van der Waals surface area (Å²) in [6, 6.07) is 0. The van der Waals surface area contributed by atoms with Gasteiger partial charge in [0.2, 0.25) is 0 Å². The highest BCUT2D eigenvalue weighted by Crippen LogP contribution is 2.15. The Labute approximate surface area is 252 Å². The molecule has 0 aliphatic rings. The first-order chi connectivity index (χ1) is 20.0. The Morgan fingerprint density at radius 1 is 0.488 bits per heavy atom. The van der Waals surface area contributed by atoms with E-state index >= 15 is 0 Å². The van der Waals surface area contributed by atoms with Crippen molar-refractivity contribution in [3.8, 4) is 94.7 Å². The smallest absolute Gasteiger partial charge is 0.254 e. The van der Waals surface area contributed by atoms with E-state index in [9.17, 15) is 8.42 Å². The number of hydrogen-bond acceptors (Lipinski definition) is 3. The fourth-order valence-corrected chi connectivity index (χ4v) is 4.35. The zero-order valence-electron chi connectivity index (χ0n) is 25.2. The van der Waals surface area contributed by atoms with Crippen LogP contribution in [0.5, 0.6) is 0 Å². The van der Waals surface area contributed by atoms with Crippen LogP contribution in [-0.2, 0) is 14.3 Å². The van der Waals surface area contributed by atoms with Crippen LogP contribution in [0.1, 0.15) is 123 Å². The molecular weight excluding hydrogens is 524 g/mol. The maximum atomic E-state index is 11.6. The third kappa shape index (κ3) is 32.5. The van der Waals surface area contributed by atoms with Gasteiger partial charge < -0.3 is 0 Å². The number of unbranched alkanes of at least 4 members (excludes halogenated alkanes) is 15. The lowest BCUT2D eigenvalue weighted by atomic mass is 10.0. The average Bonchev–Trinajstić information content (AvgIpc) is 2.94. The molecule has 0 bridgehead atoms. The van der Waals surface area contributed by atoms with Gasteiger partial charge in [-0.3, -0.25) is 4.18 Å². The summed E-state index contributed by atoms with van der Waals surface area (Å²) in [7, 11) is -3.60. The van der Waals surface area contributed by atoms with Crippen LogP contribution in [0, 0.1) is 94.7 Å². The lowest BCUT2D eigenvalue weighted by Crippen LogP contribution is -2.15. The van der Waals surface area contributed by atoms with Gasteiger partial charge in [0.25, 0.3) is 10.1 Å². The van der Waals surface area contributed by atoms with Crippen LogP contribution in [0.25, 0.3) is 0 Å². The van der Waals surface area contributed by atoms with E-state index in [-0.39, 0.29) is 0 Å². The number of rotatable bonds is 19. The van der Waals surface area contributed by atoms with E-state index in [1.54, 1.807) is 6.92 Å². The molecule has 0 N–H and O–H groups in total. The Bertz CT molecular complexity index is 1340. The van der Waals surface area contributed by atoms with Crippen LogP contribution in [0.3, 0.4) is 0 Å². The molecule has 0 fully saturated rings. The second-order valence-corrected chi connectivity index (χ2v) is 11.1. The zero-order valence-corrected chi connectivity index (χ0v) is 26.0. The summed E-state index contributed by atoms with van der Waals surface area (Å²) in [6.45, 7) is 3.96. The second kappa shape index (κ2) is 29.4. The largest absolute Gasteiger partial charge is 0.265 e. The highest BCUT2D eigenvalue weighted by molar-refractivity contribution is 7.86. The van der Waals surface area contributed by atoms with E-state index in [0.717, 1.165) is 25.5 Å². The Morgan fingerprint density at radius 3 is 1.15 bits per heavy atom. The fraction of sp³-hybridized carbons (Fsp3) is 0.568. The fourth-order valence-electron chi connectivity index (χ4n) is 3.79. The van der Waals surface area contributed by atoms with Gasteiger partial charge in [0.1, 0.15) is 6.10 Å². The van der Waals surface area contributed by atoms with Gasteiger partial charge in [-0.25, -0.2) is 0 Å². The van der Waals surface area contributed by atoms with Crippen LogP contribution in [0.2, 0.25) is 0 Å². The van der Waals surface area contributed by atoms with E-state index in [0.29, 0.717) is 6.42 Å². The topological polar surface area (TPSA) is 43.4 Å². The summed E-state index contributed by atoms with van der Waals surface area (Å²) in [5.41, 5.74) is 0. The van der Waals surface area contributed by atoms with Crippen molar-refractivity contribution < 1.29 is 12.6 Å². The SMILES string of the molecule is CC#CC#CC#CC#CC#CC#CC#CC#CC(CCCCCCCCCCCCCCCCCC)OS(C)(=O)=O. The maximum Gasteiger partial charge on any atom is 0.265 e. The minimum atomic E-state index is -3.60. The van der Waals surface area contributed by atoms with Crippen molar-refractivity contribution in [3.63, 3.8) is 0 Å². The van der Waals surface area contributed by atoms with Crippen LogP contribution in [0.15, 0.2) is 0 Å². The molecule has 0 saturated heterocycles. The van der Waals surface area contributed by atoms with Crippen molar-refractivity contribution in [2.24, 2.45) is 0 Å². The van der Waals surface area contributed by atoms with Gasteiger partial charge in [0.15, 0.2) is 0 Å². The van der Waals surface area contributed by atoms with Crippen LogP contribution in [-0.4, -0.2) is 20.8 Å². The van der Waals surface area contributed by atoms with Gasteiger partial charge in [-0.05, 0) is 103 Å². The minimum absolute atomic E-state index is 0.552. The molecular formula is C37H44O3S. The molecule has 0 aromatic carbocycles. The summed E-state index contributed by atoms with van der Waals surface area (Å²) in [5, 5.41) is 0. The van der Waals surface area contributed by atoms with Crippen LogP contribution in [0.4, 0.5) is 0 Å². The summed E-state index contributed by atoms with van der Waals surface area (Å²) in [5.74, 6) is 41.1. The molecule has 3 nitrogen and oxygen atoms in total. The van der Waals surface area contributed by atoms with Crippen LogP contribution >= 0.6 is 0 Å². The van der Waals surface area contributed by atoms with E-state index in [1.165, 1.54) is 83.5 Å². The van der Waals surface area contributed by atoms with E-state index in [4.69, 9.17) is 4.18 Å². The van der Waals surface area contributed by atoms with Gasteiger partial charge in [-0.1, -0.05) is 115 Å². The molecule has 0 aliphatic carbocycles. The van der Waals surface area contributed by atoms with Crippen molar-refractivity contribution in [2.45, 2.75) is 129 Å². The van der Waals surface area contributed by atoms with Gasteiger partial charge in [0.05, 0.1) is 6.26 Å². The van der Waals surface area contributed by atoms with Crippen molar-refractivity contribution >= 4 is 10.1 Å². The Morgan fingerprint density at radius 2 is 0.805 bits per heavy atom. The first-order valence-corrected chi connectivity index (χ1v) is 16.6. The predicted octanol–water partition coefficient (Wildman–Crippen LogP) is 7.03. The van der Waals surface area contributed by atoms with Crippen LogP contribution < -0.4 is 0 Å². The molecule has 0 aliphatic heterocycles. The standard InChI is InChI=1S/C37H44O3S/c1-4-6-8-10-12-14-16-18-20-22-24-26-28-30-32-34-36-37(40-41(3,38)39)35-33-31-29-27-25-23-21-19-17-15-13-11-9-7-5-2/h37H,4,6,8,10,12,14,16,18,20,22,24,26,28,30,32,34,36H2,1-3H3. The molecule has 0 heterocycles. The van der Waals surface area contributed by atoms with Gasteiger partial charge in [0, 0.05) is 0 Å². The third-order valence-corrected chi connectivity index (χ3v) is 6.36. The molecule has 0 aromatic heterocycles. The molecule has 216 valence electrons. The van der Waals surface area contributed by atoms with Crippen molar-refractivity contribution in [3.05, 3.63) is 0 Å². The van der Waals surface area contributed by atoms with Gasteiger partial charge >= 0.3 is 0 Å². The third-order valence-electron chi connectivity index (χ3n) is 5.78. The quantitative estimate of drug-likeness (QED) is 0.0955. The summed E-state index contributed by atoms with van der Waals surface area (Å²) in [4.78, 5) is 0. The van der Waals surface area contributed by atoms with E-state index < -0.39 is 16.2 Å². The molecule has 0 saturated carbocycles. The zero-order chi connectivity index (χ0) is 30.1. The average molecular weight is 569 g/mol. The Hall–Kier alpha value is -3.61. The summed E-state index contributed by atoms with van der Waals surface area (Å²) in [6.07, 6.45) is 21.5. The highest BCUT2D eigenvalue weighted by Gasteiger charge is 2.12. The molecule has 0 aromatic rings. The molecule has 4 heteroatoms. The lowest BCUT2D eigenvalue weighted by molar-refractivity contribution is 0.251. The minimum Gasteiger partial charge on any atom is -0.254 e. The van der Waals surface area contributed by atoms with E-state index in [2.05, 4.69) is 102 Å². The Balaban J connectivity index is 4.20. The van der Waals surface area contributed by atoms with Gasteiger partial charge in [-0.2, -0.15) is 8.42 Å². The van der Waals surface area contributed by atoms with Crippen molar-refractivity contribution in [1.82, 2.24) is 0 Å². The predicted molar refractivity (Wildman–Crippen MR) is 172 cm³/mol. The molecule has 0 rings (SSSR count). The van der Waals surface area contributed by atoms with Gasteiger partial charge in [-0.15, -0.1) is 0 Å².